The third-order valence-electron chi connectivity index (χ3n) is 2.92. The van der Waals surface area contributed by atoms with E-state index in [4.69, 9.17) is 0 Å². The smallest absolute Gasteiger partial charge is 0.257 e. The minimum Gasteiger partial charge on any atom is -0.361 e. The third kappa shape index (κ3) is 2.20. The first-order valence-electron chi connectivity index (χ1n) is 5.87. The number of fused-ring (bicyclic) bond motifs is 1. The highest BCUT2D eigenvalue weighted by Crippen LogP contribution is 2.32. The van der Waals surface area contributed by atoms with Crippen molar-refractivity contribution < 1.29 is 9.18 Å². The standard InChI is InChI=1S/C15H11FN2O/c16-10-6-7-14-12(8-10)13(15(19)18-14)9-17-11-4-2-1-3-5-11/h1-9,17H,(H,18,19). The molecule has 0 spiro atoms. The van der Waals surface area contributed by atoms with Gasteiger partial charge in [-0.3, -0.25) is 4.79 Å². The van der Waals surface area contributed by atoms with Crippen molar-refractivity contribution >= 4 is 22.9 Å². The number of rotatable bonds is 2. The van der Waals surface area contributed by atoms with Crippen LogP contribution >= 0.6 is 0 Å². The van der Waals surface area contributed by atoms with E-state index in [1.807, 2.05) is 30.3 Å². The molecule has 94 valence electrons. The second-order valence-electron chi connectivity index (χ2n) is 4.21. The molecule has 2 N–H and O–H groups in total. The van der Waals surface area contributed by atoms with Crippen LogP contribution in [0.2, 0.25) is 0 Å². The lowest BCUT2D eigenvalue weighted by Crippen LogP contribution is -2.05. The quantitative estimate of drug-likeness (QED) is 0.808. The minimum atomic E-state index is -0.360. The molecule has 4 heteroatoms. The first kappa shape index (κ1) is 11.5. The summed E-state index contributed by atoms with van der Waals surface area (Å²) in [4.78, 5) is 11.8. The van der Waals surface area contributed by atoms with E-state index >= 15 is 0 Å². The average molecular weight is 254 g/mol. The molecule has 0 bridgehead atoms. The molecule has 0 unspecified atom stereocenters. The molecule has 0 atom stereocenters. The molecule has 0 saturated heterocycles. The van der Waals surface area contributed by atoms with Gasteiger partial charge >= 0.3 is 0 Å². The first-order valence-corrected chi connectivity index (χ1v) is 5.87. The molecule has 2 aromatic carbocycles. The summed E-state index contributed by atoms with van der Waals surface area (Å²) in [7, 11) is 0. The number of carbonyl (C=O) groups is 1. The van der Waals surface area contributed by atoms with Gasteiger partial charge in [-0.25, -0.2) is 4.39 Å². The lowest BCUT2D eigenvalue weighted by Gasteiger charge is -2.02. The van der Waals surface area contributed by atoms with Crippen LogP contribution in [0.5, 0.6) is 0 Å². The predicted octanol–water partition coefficient (Wildman–Crippen LogP) is 3.23. The fourth-order valence-corrected chi connectivity index (χ4v) is 1.99. The molecule has 0 saturated carbocycles. The van der Waals surface area contributed by atoms with E-state index in [2.05, 4.69) is 10.6 Å². The summed E-state index contributed by atoms with van der Waals surface area (Å²) in [5.74, 6) is -0.593. The van der Waals surface area contributed by atoms with Crippen molar-refractivity contribution in [3.63, 3.8) is 0 Å². The van der Waals surface area contributed by atoms with Crippen LogP contribution in [0.3, 0.4) is 0 Å². The summed E-state index contributed by atoms with van der Waals surface area (Å²) in [6.07, 6.45) is 1.59. The molecule has 1 aliphatic heterocycles. The van der Waals surface area contributed by atoms with Crippen molar-refractivity contribution in [3.8, 4) is 0 Å². The Morgan fingerprint density at radius 3 is 2.68 bits per heavy atom. The van der Waals surface area contributed by atoms with Crippen LogP contribution in [0.25, 0.3) is 5.57 Å². The molecule has 2 aromatic rings. The van der Waals surface area contributed by atoms with Crippen LogP contribution in [-0.2, 0) is 4.79 Å². The highest BCUT2D eigenvalue weighted by Gasteiger charge is 2.24. The van der Waals surface area contributed by atoms with Gasteiger partial charge in [-0.15, -0.1) is 0 Å². The number of nitrogens with one attached hydrogen (secondary N) is 2. The van der Waals surface area contributed by atoms with Crippen LogP contribution in [-0.4, -0.2) is 5.91 Å². The lowest BCUT2D eigenvalue weighted by atomic mass is 10.1. The van der Waals surface area contributed by atoms with Gasteiger partial charge in [-0.05, 0) is 30.3 Å². The van der Waals surface area contributed by atoms with Crippen molar-refractivity contribution in [2.75, 3.05) is 10.6 Å². The minimum absolute atomic E-state index is 0.232. The van der Waals surface area contributed by atoms with Crippen LogP contribution in [0, 0.1) is 5.82 Å². The Kier molecular flexibility index (Phi) is 2.76. The summed E-state index contributed by atoms with van der Waals surface area (Å²) in [6, 6.07) is 13.7. The van der Waals surface area contributed by atoms with Gasteiger partial charge in [0.1, 0.15) is 5.82 Å². The van der Waals surface area contributed by atoms with Crippen molar-refractivity contribution in [2.24, 2.45) is 0 Å². The molecule has 0 fully saturated rings. The molecule has 0 radical (unpaired) electrons. The number of hydrogen-bond acceptors (Lipinski definition) is 2. The maximum Gasteiger partial charge on any atom is 0.257 e. The monoisotopic (exact) mass is 254 g/mol. The van der Waals surface area contributed by atoms with E-state index in [0.717, 1.165) is 5.69 Å². The number of anilines is 2. The van der Waals surface area contributed by atoms with E-state index in [9.17, 15) is 9.18 Å². The fraction of sp³-hybridized carbons (Fsp3) is 0. The topological polar surface area (TPSA) is 41.1 Å². The molecular weight excluding hydrogens is 243 g/mol. The van der Waals surface area contributed by atoms with Gasteiger partial charge in [-0.2, -0.15) is 0 Å². The van der Waals surface area contributed by atoms with Crippen LogP contribution in [0.4, 0.5) is 15.8 Å². The zero-order valence-electron chi connectivity index (χ0n) is 9.98. The summed E-state index contributed by atoms with van der Waals surface area (Å²) in [5.41, 5.74) is 2.51. The number of para-hydroxylation sites is 1. The van der Waals surface area contributed by atoms with Crippen LogP contribution in [0.1, 0.15) is 5.56 Å². The number of hydrogen-bond donors (Lipinski definition) is 2. The highest BCUT2D eigenvalue weighted by atomic mass is 19.1. The van der Waals surface area contributed by atoms with Crippen molar-refractivity contribution in [3.05, 3.63) is 66.1 Å². The number of halogens is 1. The van der Waals surface area contributed by atoms with Crippen LogP contribution in [0.15, 0.2) is 54.7 Å². The normalized spacial score (nSPS) is 15.2. The maximum absolute atomic E-state index is 13.2. The lowest BCUT2D eigenvalue weighted by molar-refractivity contribution is -0.110. The Morgan fingerprint density at radius 2 is 1.89 bits per heavy atom. The van der Waals surface area contributed by atoms with E-state index in [1.54, 1.807) is 12.3 Å². The zero-order chi connectivity index (χ0) is 13.2. The Hall–Kier alpha value is -2.62. The molecule has 1 aliphatic rings. The predicted molar refractivity (Wildman–Crippen MR) is 73.1 cm³/mol. The highest BCUT2D eigenvalue weighted by molar-refractivity contribution is 6.31. The number of amides is 1. The van der Waals surface area contributed by atoms with Gasteiger partial charge in [0.2, 0.25) is 0 Å². The van der Waals surface area contributed by atoms with Gasteiger partial charge in [0.05, 0.1) is 5.57 Å². The molecule has 1 amide bonds. The fourth-order valence-electron chi connectivity index (χ4n) is 1.99. The Balaban J connectivity index is 1.93. The molecule has 3 rings (SSSR count). The summed E-state index contributed by atoms with van der Waals surface area (Å²) >= 11 is 0. The summed E-state index contributed by atoms with van der Waals surface area (Å²) in [5, 5.41) is 5.73. The maximum atomic E-state index is 13.2. The Morgan fingerprint density at radius 1 is 1.11 bits per heavy atom. The molecule has 0 aromatic heterocycles. The largest absolute Gasteiger partial charge is 0.361 e. The summed E-state index contributed by atoms with van der Waals surface area (Å²) < 4.78 is 13.2. The van der Waals surface area contributed by atoms with Crippen LogP contribution < -0.4 is 10.6 Å². The zero-order valence-corrected chi connectivity index (χ0v) is 9.98. The number of carbonyl (C=O) groups excluding carboxylic acids is 1. The van der Waals surface area contributed by atoms with E-state index in [0.29, 0.717) is 16.8 Å². The second kappa shape index (κ2) is 4.57. The van der Waals surface area contributed by atoms with Gasteiger partial charge in [0.15, 0.2) is 0 Å². The molecule has 1 heterocycles. The van der Waals surface area contributed by atoms with E-state index in [1.165, 1.54) is 12.1 Å². The molecular formula is C15H11FN2O. The molecule has 0 aliphatic carbocycles. The SMILES string of the molecule is O=C1Nc2ccc(F)cc2C1=CNc1ccccc1. The van der Waals surface area contributed by atoms with E-state index in [-0.39, 0.29) is 11.7 Å². The van der Waals surface area contributed by atoms with Gasteiger partial charge in [0, 0.05) is 23.1 Å². The van der Waals surface area contributed by atoms with Crippen molar-refractivity contribution in [2.45, 2.75) is 0 Å². The molecule has 3 nitrogen and oxygen atoms in total. The van der Waals surface area contributed by atoms with E-state index < -0.39 is 0 Å². The summed E-state index contributed by atoms with van der Waals surface area (Å²) in [6.45, 7) is 0. The first-order chi connectivity index (χ1) is 9.24. The van der Waals surface area contributed by atoms with Crippen molar-refractivity contribution in [1.82, 2.24) is 0 Å². The second-order valence-corrected chi connectivity index (χ2v) is 4.21. The van der Waals surface area contributed by atoms with Crippen molar-refractivity contribution in [1.29, 1.82) is 0 Å². The Bertz CT molecular complexity index is 665. The third-order valence-corrected chi connectivity index (χ3v) is 2.92. The number of benzene rings is 2. The Labute approximate surface area is 109 Å². The average Bonchev–Trinajstić information content (AvgIpc) is 2.73. The van der Waals surface area contributed by atoms with Gasteiger partial charge in [0.25, 0.3) is 5.91 Å². The van der Waals surface area contributed by atoms with Gasteiger partial charge in [-0.1, -0.05) is 18.2 Å². The molecule has 19 heavy (non-hydrogen) atoms. The van der Waals surface area contributed by atoms with Gasteiger partial charge < -0.3 is 10.6 Å².